The van der Waals surface area contributed by atoms with E-state index in [1.807, 2.05) is 40.9 Å². The van der Waals surface area contributed by atoms with Gasteiger partial charge in [-0.2, -0.15) is 5.10 Å². The Hall–Kier alpha value is -3.64. The summed E-state index contributed by atoms with van der Waals surface area (Å²) in [6.45, 7) is 4.07. The third-order valence-electron chi connectivity index (χ3n) is 6.10. The van der Waals surface area contributed by atoms with Crippen molar-refractivity contribution in [3.63, 3.8) is 0 Å². The maximum absolute atomic E-state index is 6.28. The zero-order chi connectivity index (χ0) is 22.5. The molecule has 0 aliphatic carbocycles. The van der Waals surface area contributed by atoms with Gasteiger partial charge in [0.25, 0.3) is 0 Å². The molecule has 0 radical (unpaired) electrons. The Morgan fingerprint density at radius 3 is 2.70 bits per heavy atom. The van der Waals surface area contributed by atoms with Crippen LogP contribution in [-0.2, 0) is 6.61 Å². The highest BCUT2D eigenvalue weighted by atomic mass is 16.5. The van der Waals surface area contributed by atoms with Crippen molar-refractivity contribution >= 4 is 17.4 Å². The highest BCUT2D eigenvalue weighted by molar-refractivity contribution is 5.90. The molecule has 0 bridgehead atoms. The lowest BCUT2D eigenvalue weighted by atomic mass is 10.1. The van der Waals surface area contributed by atoms with Gasteiger partial charge in [-0.15, -0.1) is 0 Å². The van der Waals surface area contributed by atoms with Crippen molar-refractivity contribution in [1.82, 2.24) is 19.5 Å². The van der Waals surface area contributed by atoms with E-state index >= 15 is 0 Å². The van der Waals surface area contributed by atoms with Gasteiger partial charge in [0.15, 0.2) is 5.82 Å². The molecule has 6 heteroatoms. The zero-order valence-corrected chi connectivity index (χ0v) is 18.7. The maximum Gasteiger partial charge on any atom is 0.152 e. The Morgan fingerprint density at radius 1 is 1.00 bits per heavy atom. The van der Waals surface area contributed by atoms with Crippen molar-refractivity contribution in [2.24, 2.45) is 0 Å². The summed E-state index contributed by atoms with van der Waals surface area (Å²) in [5, 5.41) is 4.48. The standard InChI is InChI=1S/C27H29N5O/c28-27-26-25(22-11-8-13-24(17-22)33-19-21-9-2-1-3-10-21)18-23(32(26)30-20-29-27)12-4-5-14-31-15-6-7-16-31/h1-4,8-13,17-18,20H,5-7,14-16,19H2,(H2,28,29,30). The van der Waals surface area contributed by atoms with Crippen molar-refractivity contribution in [1.29, 1.82) is 0 Å². The molecule has 2 aromatic heterocycles. The molecule has 168 valence electrons. The highest BCUT2D eigenvalue weighted by Gasteiger charge is 2.15. The van der Waals surface area contributed by atoms with E-state index < -0.39 is 0 Å². The van der Waals surface area contributed by atoms with E-state index in [4.69, 9.17) is 10.5 Å². The molecule has 0 spiro atoms. The number of nitrogens with zero attached hydrogens (tertiary/aromatic N) is 4. The molecule has 3 heterocycles. The van der Waals surface area contributed by atoms with E-state index in [1.54, 1.807) is 0 Å². The van der Waals surface area contributed by atoms with Crippen LogP contribution in [0.25, 0.3) is 22.7 Å². The van der Waals surface area contributed by atoms with Crippen molar-refractivity contribution in [2.75, 3.05) is 25.4 Å². The SMILES string of the molecule is Nc1ncnn2c(C=CCCN3CCCC3)cc(-c3cccc(OCc4ccccc4)c3)c12. The van der Waals surface area contributed by atoms with Crippen LogP contribution in [0.3, 0.4) is 0 Å². The molecule has 0 atom stereocenters. The Balaban J connectivity index is 1.39. The summed E-state index contributed by atoms with van der Waals surface area (Å²) in [5.74, 6) is 1.28. The minimum absolute atomic E-state index is 0.465. The Labute approximate surface area is 194 Å². The third-order valence-corrected chi connectivity index (χ3v) is 6.10. The number of rotatable bonds is 8. The van der Waals surface area contributed by atoms with Gasteiger partial charge in [-0.05, 0) is 67.8 Å². The first kappa shape index (κ1) is 21.2. The number of nitrogen functional groups attached to an aromatic ring is 1. The van der Waals surface area contributed by atoms with E-state index in [0.29, 0.717) is 12.4 Å². The van der Waals surface area contributed by atoms with Crippen LogP contribution in [0, 0.1) is 0 Å². The third kappa shape index (κ3) is 4.91. The number of anilines is 1. The van der Waals surface area contributed by atoms with Crippen LogP contribution in [0.1, 0.15) is 30.5 Å². The van der Waals surface area contributed by atoms with Crippen molar-refractivity contribution in [3.8, 4) is 16.9 Å². The van der Waals surface area contributed by atoms with Gasteiger partial charge in [0.1, 0.15) is 24.2 Å². The highest BCUT2D eigenvalue weighted by Crippen LogP contribution is 2.33. The van der Waals surface area contributed by atoms with Gasteiger partial charge in [0.2, 0.25) is 0 Å². The number of likely N-dealkylation sites (tertiary alicyclic amines) is 1. The van der Waals surface area contributed by atoms with E-state index in [2.05, 4.69) is 51.4 Å². The molecular weight excluding hydrogens is 410 g/mol. The van der Waals surface area contributed by atoms with Gasteiger partial charge in [-0.25, -0.2) is 9.50 Å². The molecule has 6 nitrogen and oxygen atoms in total. The average molecular weight is 440 g/mol. The smallest absolute Gasteiger partial charge is 0.152 e. The van der Waals surface area contributed by atoms with Crippen molar-refractivity contribution in [2.45, 2.75) is 25.9 Å². The second kappa shape index (κ2) is 9.88. The van der Waals surface area contributed by atoms with Gasteiger partial charge < -0.3 is 15.4 Å². The van der Waals surface area contributed by atoms with Gasteiger partial charge >= 0.3 is 0 Å². The fourth-order valence-electron chi connectivity index (χ4n) is 4.39. The first-order valence-corrected chi connectivity index (χ1v) is 11.6. The Kier molecular flexibility index (Phi) is 6.35. The largest absolute Gasteiger partial charge is 0.489 e. The molecule has 0 unspecified atom stereocenters. The number of benzene rings is 2. The topological polar surface area (TPSA) is 68.7 Å². The van der Waals surface area contributed by atoms with E-state index in [1.165, 1.54) is 32.3 Å². The lowest BCUT2D eigenvalue weighted by molar-refractivity contribution is 0.306. The molecule has 2 N–H and O–H groups in total. The van der Waals surface area contributed by atoms with Crippen molar-refractivity contribution in [3.05, 3.63) is 84.3 Å². The molecule has 0 amide bonds. The number of aromatic nitrogens is 3. The number of nitrogens with two attached hydrogens (primary N) is 1. The first-order valence-electron chi connectivity index (χ1n) is 11.6. The number of hydrogen-bond acceptors (Lipinski definition) is 5. The summed E-state index contributed by atoms with van der Waals surface area (Å²) in [7, 11) is 0. The fourth-order valence-corrected chi connectivity index (χ4v) is 4.39. The Morgan fingerprint density at radius 2 is 1.85 bits per heavy atom. The summed E-state index contributed by atoms with van der Waals surface area (Å²) in [6.07, 6.45) is 9.52. The number of hydrogen-bond donors (Lipinski definition) is 1. The second-order valence-electron chi connectivity index (χ2n) is 8.43. The average Bonchev–Trinajstić information content (AvgIpc) is 3.50. The van der Waals surface area contributed by atoms with Gasteiger partial charge in [0, 0.05) is 12.1 Å². The Bertz CT molecular complexity index is 1240. The summed E-state index contributed by atoms with van der Waals surface area (Å²) >= 11 is 0. The fraction of sp³-hybridized carbons (Fsp3) is 0.259. The first-order chi connectivity index (χ1) is 16.3. The summed E-state index contributed by atoms with van der Waals surface area (Å²) in [6, 6.07) is 20.4. The molecule has 1 saturated heterocycles. The van der Waals surface area contributed by atoms with Crippen LogP contribution in [-0.4, -0.2) is 39.1 Å². The van der Waals surface area contributed by atoms with Crippen molar-refractivity contribution < 1.29 is 4.74 Å². The van der Waals surface area contributed by atoms with Gasteiger partial charge in [0.05, 0.1) is 5.69 Å². The zero-order valence-electron chi connectivity index (χ0n) is 18.7. The van der Waals surface area contributed by atoms with Crippen LogP contribution in [0.2, 0.25) is 0 Å². The minimum atomic E-state index is 0.465. The molecular formula is C27H29N5O. The summed E-state index contributed by atoms with van der Waals surface area (Å²) < 4.78 is 7.92. The number of fused-ring (bicyclic) bond motifs is 1. The summed E-state index contributed by atoms with van der Waals surface area (Å²) in [5.41, 5.74) is 11.2. The molecule has 4 aromatic rings. The monoisotopic (exact) mass is 439 g/mol. The summed E-state index contributed by atoms with van der Waals surface area (Å²) in [4.78, 5) is 6.76. The molecule has 2 aromatic carbocycles. The quantitative estimate of drug-likeness (QED) is 0.416. The van der Waals surface area contributed by atoms with Crippen LogP contribution in [0.5, 0.6) is 5.75 Å². The van der Waals surface area contributed by atoms with Gasteiger partial charge in [-0.3, -0.25) is 0 Å². The predicted molar refractivity (Wildman–Crippen MR) is 133 cm³/mol. The second-order valence-corrected chi connectivity index (χ2v) is 8.43. The molecule has 1 aliphatic heterocycles. The van der Waals surface area contributed by atoms with Crippen LogP contribution in [0.15, 0.2) is 73.1 Å². The molecule has 33 heavy (non-hydrogen) atoms. The predicted octanol–water partition coefficient (Wildman–Crippen LogP) is 5.06. The normalized spacial score (nSPS) is 14.4. The minimum Gasteiger partial charge on any atom is -0.489 e. The van der Waals surface area contributed by atoms with E-state index in [-0.39, 0.29) is 0 Å². The van der Waals surface area contributed by atoms with Crippen LogP contribution < -0.4 is 10.5 Å². The molecule has 1 fully saturated rings. The maximum atomic E-state index is 6.28. The van der Waals surface area contributed by atoms with Crippen LogP contribution >= 0.6 is 0 Å². The van der Waals surface area contributed by atoms with E-state index in [9.17, 15) is 0 Å². The molecule has 0 saturated carbocycles. The van der Waals surface area contributed by atoms with Gasteiger partial charge in [-0.1, -0.05) is 48.5 Å². The lowest BCUT2D eigenvalue weighted by Gasteiger charge is -2.11. The number of ether oxygens (including phenoxy) is 1. The van der Waals surface area contributed by atoms with E-state index in [0.717, 1.165) is 46.6 Å². The molecule has 5 rings (SSSR count). The van der Waals surface area contributed by atoms with Crippen LogP contribution in [0.4, 0.5) is 5.82 Å². The molecule has 1 aliphatic rings. The lowest BCUT2D eigenvalue weighted by Crippen LogP contribution is -2.19.